The summed E-state index contributed by atoms with van der Waals surface area (Å²) < 4.78 is 22.9. The van der Waals surface area contributed by atoms with Crippen molar-refractivity contribution in [1.29, 1.82) is 0 Å². The van der Waals surface area contributed by atoms with Crippen LogP contribution in [-0.2, 0) is 14.8 Å². The lowest BCUT2D eigenvalue weighted by Gasteiger charge is -2.42. The first-order chi connectivity index (χ1) is 9.09. The third-order valence-electron chi connectivity index (χ3n) is 3.20. The maximum absolute atomic E-state index is 12.0. The SMILES string of the molecule is CC1(C)C(=O)N(CC(=O)c2ccc(Cl)cc2Cl)S1(=O)=O. The molecule has 0 unspecified atom stereocenters. The fraction of sp³-hybridized carbons (Fsp3) is 0.333. The van der Waals surface area contributed by atoms with E-state index in [4.69, 9.17) is 23.2 Å². The van der Waals surface area contributed by atoms with Crippen molar-refractivity contribution < 1.29 is 18.0 Å². The molecule has 0 aromatic heterocycles. The van der Waals surface area contributed by atoms with Gasteiger partial charge in [0.2, 0.25) is 0 Å². The number of carbonyl (C=O) groups excluding carboxylic acids is 2. The van der Waals surface area contributed by atoms with Crippen LogP contribution in [0, 0.1) is 0 Å². The zero-order valence-corrected chi connectivity index (χ0v) is 13.0. The van der Waals surface area contributed by atoms with Crippen LogP contribution in [-0.4, -0.2) is 35.7 Å². The Kier molecular flexibility index (Phi) is 3.60. The maximum Gasteiger partial charge on any atom is 0.259 e. The topological polar surface area (TPSA) is 71.5 Å². The summed E-state index contributed by atoms with van der Waals surface area (Å²) in [6.07, 6.45) is 0. The predicted molar refractivity (Wildman–Crippen MR) is 75.5 cm³/mol. The Bertz CT molecular complexity index is 712. The lowest BCUT2D eigenvalue weighted by molar-refractivity contribution is -0.131. The standard InChI is InChI=1S/C12H11Cl2NO4S/c1-12(2)11(17)15(20(12,18)19)6-10(16)8-4-3-7(13)5-9(8)14/h3-5H,6H2,1-2H3. The molecule has 0 aliphatic carbocycles. The Morgan fingerprint density at radius 3 is 2.40 bits per heavy atom. The highest BCUT2D eigenvalue weighted by atomic mass is 35.5. The molecular formula is C12H11Cl2NO4S. The van der Waals surface area contributed by atoms with Crippen molar-refractivity contribution in [3.63, 3.8) is 0 Å². The molecule has 0 bridgehead atoms. The van der Waals surface area contributed by atoms with Crippen molar-refractivity contribution in [2.24, 2.45) is 0 Å². The molecule has 20 heavy (non-hydrogen) atoms. The number of benzene rings is 1. The first-order valence-corrected chi connectivity index (χ1v) is 7.83. The van der Waals surface area contributed by atoms with E-state index in [2.05, 4.69) is 0 Å². The van der Waals surface area contributed by atoms with Gasteiger partial charge in [0, 0.05) is 10.6 Å². The zero-order valence-electron chi connectivity index (χ0n) is 10.7. The van der Waals surface area contributed by atoms with Crippen LogP contribution in [0.5, 0.6) is 0 Å². The monoisotopic (exact) mass is 335 g/mol. The van der Waals surface area contributed by atoms with Crippen LogP contribution in [0.1, 0.15) is 24.2 Å². The molecule has 1 aliphatic rings. The van der Waals surface area contributed by atoms with Gasteiger partial charge in [0.1, 0.15) is 6.54 Å². The molecule has 0 atom stereocenters. The molecule has 0 saturated carbocycles. The van der Waals surface area contributed by atoms with Crippen molar-refractivity contribution in [2.75, 3.05) is 6.54 Å². The number of nitrogens with zero attached hydrogens (tertiary/aromatic N) is 1. The van der Waals surface area contributed by atoms with E-state index in [-0.39, 0.29) is 10.6 Å². The smallest absolute Gasteiger partial charge is 0.259 e. The van der Waals surface area contributed by atoms with Gasteiger partial charge in [-0.25, -0.2) is 12.7 Å². The minimum atomic E-state index is -3.78. The fourth-order valence-corrected chi connectivity index (χ4v) is 3.84. The van der Waals surface area contributed by atoms with E-state index in [0.29, 0.717) is 9.33 Å². The van der Waals surface area contributed by atoms with E-state index in [0.717, 1.165) is 0 Å². The lowest BCUT2D eigenvalue weighted by Crippen LogP contribution is -2.68. The minimum absolute atomic E-state index is 0.118. The Labute approximate surface area is 126 Å². The van der Waals surface area contributed by atoms with Gasteiger partial charge in [-0.1, -0.05) is 23.2 Å². The summed E-state index contributed by atoms with van der Waals surface area (Å²) in [7, 11) is -3.78. The van der Waals surface area contributed by atoms with Gasteiger partial charge in [-0.05, 0) is 32.0 Å². The molecule has 1 aliphatic heterocycles. The number of carbonyl (C=O) groups is 2. The van der Waals surface area contributed by atoms with Crippen molar-refractivity contribution in [1.82, 2.24) is 4.31 Å². The van der Waals surface area contributed by atoms with Crippen molar-refractivity contribution >= 4 is 44.9 Å². The summed E-state index contributed by atoms with van der Waals surface area (Å²) in [4.78, 5) is 23.8. The highest BCUT2D eigenvalue weighted by molar-refractivity contribution is 7.94. The first-order valence-electron chi connectivity index (χ1n) is 5.64. The van der Waals surface area contributed by atoms with Crippen LogP contribution in [0.15, 0.2) is 18.2 Å². The molecule has 0 spiro atoms. The number of sulfonamides is 1. The van der Waals surface area contributed by atoms with E-state index in [9.17, 15) is 18.0 Å². The van der Waals surface area contributed by atoms with E-state index in [1.807, 2.05) is 0 Å². The number of halogens is 2. The minimum Gasteiger partial charge on any atom is -0.292 e. The van der Waals surface area contributed by atoms with Gasteiger partial charge in [0.05, 0.1) is 5.02 Å². The van der Waals surface area contributed by atoms with E-state index < -0.39 is 33.0 Å². The first kappa shape index (κ1) is 15.3. The third kappa shape index (κ3) is 2.12. The third-order valence-corrected chi connectivity index (χ3v) is 6.08. The molecule has 1 heterocycles. The van der Waals surface area contributed by atoms with Crippen LogP contribution >= 0.6 is 23.2 Å². The Morgan fingerprint density at radius 2 is 1.90 bits per heavy atom. The van der Waals surface area contributed by atoms with Gasteiger partial charge in [-0.3, -0.25) is 9.59 Å². The van der Waals surface area contributed by atoms with Crippen molar-refractivity contribution in [3.05, 3.63) is 33.8 Å². The molecule has 1 saturated heterocycles. The number of rotatable bonds is 3. The molecule has 1 fully saturated rings. The molecular weight excluding hydrogens is 325 g/mol. The number of hydrogen-bond donors (Lipinski definition) is 0. The van der Waals surface area contributed by atoms with Crippen LogP contribution < -0.4 is 0 Å². The van der Waals surface area contributed by atoms with Crippen molar-refractivity contribution in [3.8, 4) is 0 Å². The summed E-state index contributed by atoms with van der Waals surface area (Å²) in [5.41, 5.74) is 0.128. The molecule has 108 valence electrons. The summed E-state index contributed by atoms with van der Waals surface area (Å²) in [5.74, 6) is -1.16. The second kappa shape index (κ2) is 4.72. The summed E-state index contributed by atoms with van der Waals surface area (Å²) in [6, 6.07) is 4.25. The van der Waals surface area contributed by atoms with E-state index in [1.54, 1.807) is 0 Å². The largest absolute Gasteiger partial charge is 0.292 e. The molecule has 1 aromatic rings. The Hall–Kier alpha value is -1.11. The van der Waals surface area contributed by atoms with Gasteiger partial charge in [0.25, 0.3) is 15.9 Å². The average molecular weight is 336 g/mol. The van der Waals surface area contributed by atoms with Gasteiger partial charge in [-0.15, -0.1) is 0 Å². The van der Waals surface area contributed by atoms with Crippen LogP contribution in [0.4, 0.5) is 0 Å². The summed E-state index contributed by atoms with van der Waals surface area (Å²) >= 11 is 11.6. The Balaban J connectivity index is 2.24. The zero-order chi connectivity index (χ0) is 15.3. The fourth-order valence-electron chi connectivity index (χ4n) is 1.84. The quantitative estimate of drug-likeness (QED) is 0.793. The molecule has 5 nitrogen and oxygen atoms in total. The van der Waals surface area contributed by atoms with Crippen LogP contribution in [0.3, 0.4) is 0 Å². The lowest BCUT2D eigenvalue weighted by atomic mass is 10.1. The highest BCUT2D eigenvalue weighted by Crippen LogP contribution is 2.35. The van der Waals surface area contributed by atoms with Crippen LogP contribution in [0.2, 0.25) is 10.0 Å². The average Bonchev–Trinajstić information content (AvgIpc) is 2.34. The molecule has 0 radical (unpaired) electrons. The normalized spacial score (nSPS) is 19.6. The highest BCUT2D eigenvalue weighted by Gasteiger charge is 2.60. The van der Waals surface area contributed by atoms with E-state index in [1.165, 1.54) is 32.0 Å². The van der Waals surface area contributed by atoms with Gasteiger partial charge in [0.15, 0.2) is 10.5 Å². The van der Waals surface area contributed by atoms with E-state index >= 15 is 0 Å². The second-order valence-electron chi connectivity index (χ2n) is 4.87. The molecule has 8 heteroatoms. The molecule has 1 amide bonds. The second-order valence-corrected chi connectivity index (χ2v) is 8.13. The van der Waals surface area contributed by atoms with Crippen molar-refractivity contribution in [2.45, 2.75) is 18.6 Å². The molecule has 0 N–H and O–H groups in total. The molecule has 2 rings (SSSR count). The number of amides is 1. The maximum atomic E-state index is 12.0. The van der Waals surface area contributed by atoms with Crippen LogP contribution in [0.25, 0.3) is 0 Å². The number of ketones is 1. The van der Waals surface area contributed by atoms with Gasteiger partial charge in [-0.2, -0.15) is 0 Å². The van der Waals surface area contributed by atoms with Gasteiger partial charge >= 0.3 is 0 Å². The molecule has 1 aromatic carbocycles. The summed E-state index contributed by atoms with van der Waals surface area (Å²) in [6.45, 7) is 2.06. The Morgan fingerprint density at radius 1 is 1.30 bits per heavy atom. The predicted octanol–water partition coefficient (Wildman–Crippen LogP) is 2.13. The summed E-state index contributed by atoms with van der Waals surface area (Å²) in [5, 5.41) is 0.479. The van der Waals surface area contributed by atoms with Gasteiger partial charge < -0.3 is 0 Å². The number of hydrogen-bond acceptors (Lipinski definition) is 4. The number of Topliss-reactive ketones (excluding diaryl/α,β-unsaturated/α-hetero) is 1.